The highest BCUT2D eigenvalue weighted by molar-refractivity contribution is 5.00. The first-order valence-corrected chi connectivity index (χ1v) is 10.6. The smallest absolute Gasteiger partial charge is 0.187 e. The number of rotatable bonds is 6. The molecule has 0 bridgehead atoms. The summed E-state index contributed by atoms with van der Waals surface area (Å²) in [5, 5.41) is 119. The van der Waals surface area contributed by atoms with Crippen LogP contribution in [-0.2, 0) is 18.9 Å². The zero-order valence-corrected chi connectivity index (χ0v) is 17.7. The molecule has 34 heavy (non-hydrogen) atoms. The third kappa shape index (κ3) is 5.23. The van der Waals surface area contributed by atoms with Crippen LogP contribution < -0.4 is 0 Å². The van der Waals surface area contributed by atoms with Gasteiger partial charge in [0.15, 0.2) is 12.6 Å². The normalized spacial score (nSPS) is 54.7. The topological polar surface area (TPSA) is 280 Å². The van der Waals surface area contributed by atoms with E-state index in [1.807, 2.05) is 0 Å². The SMILES string of the molecule is OCC1O[C@H](OCC2O[C@@H](OC3C(O)C(O)C(O)C(O)C3O)C(O)C(O)[C@H]2O)C(O)C(O)[C@H]1O. The molecular weight excluding hydrogens is 472 g/mol. The minimum absolute atomic E-state index is 0.646. The van der Waals surface area contributed by atoms with Gasteiger partial charge in [0.05, 0.1) is 13.2 Å². The standard InChI is InChI=1S/C18H32O16/c19-1-3-5(20)7(22)14(29)17(32-3)31-2-4-6(21)8(23)15(30)18(33-4)34-16-12(27)10(25)9(24)11(26)13(16)28/h3-30H,1-2H2/t3?,4?,5-,6-,7?,8?,9?,10?,11?,12?,13?,14?,15?,16?,17-,18-/m0/s1. The highest BCUT2D eigenvalue weighted by atomic mass is 16.7. The molecular formula is C18H32O16. The van der Waals surface area contributed by atoms with E-state index in [1.54, 1.807) is 0 Å². The Morgan fingerprint density at radius 2 is 0.882 bits per heavy atom. The molecule has 2 aliphatic heterocycles. The monoisotopic (exact) mass is 504 g/mol. The minimum atomic E-state index is -1.93. The second-order valence-electron chi connectivity index (χ2n) is 8.60. The predicted octanol–water partition coefficient (Wildman–Crippen LogP) is -8.19. The van der Waals surface area contributed by atoms with Gasteiger partial charge in [-0.15, -0.1) is 0 Å². The van der Waals surface area contributed by atoms with Crippen LogP contribution in [0.25, 0.3) is 0 Å². The summed E-state index contributed by atoms with van der Waals surface area (Å²) in [5.74, 6) is 0. The highest BCUT2D eigenvalue weighted by Gasteiger charge is 2.53. The van der Waals surface area contributed by atoms with E-state index in [4.69, 9.17) is 18.9 Å². The molecule has 16 heteroatoms. The summed E-state index contributed by atoms with van der Waals surface area (Å²) in [7, 11) is 0. The summed E-state index contributed by atoms with van der Waals surface area (Å²) in [4.78, 5) is 0. The molecule has 10 unspecified atom stereocenters. The van der Waals surface area contributed by atoms with Crippen molar-refractivity contribution in [3.63, 3.8) is 0 Å². The summed E-state index contributed by atoms with van der Waals surface area (Å²) in [6, 6.07) is 0. The fraction of sp³-hybridized carbons (Fsp3) is 1.00. The van der Waals surface area contributed by atoms with Crippen molar-refractivity contribution in [2.75, 3.05) is 13.2 Å². The van der Waals surface area contributed by atoms with Crippen molar-refractivity contribution in [1.82, 2.24) is 0 Å². The van der Waals surface area contributed by atoms with E-state index in [0.29, 0.717) is 0 Å². The second-order valence-corrected chi connectivity index (χ2v) is 8.60. The molecule has 3 fully saturated rings. The second kappa shape index (κ2) is 11.2. The van der Waals surface area contributed by atoms with E-state index in [9.17, 15) is 61.3 Å². The number of aliphatic hydroxyl groups excluding tert-OH is 12. The molecule has 1 saturated carbocycles. The minimum Gasteiger partial charge on any atom is -0.394 e. The summed E-state index contributed by atoms with van der Waals surface area (Å²) in [6.07, 6.45) is -28.3. The molecule has 2 saturated heterocycles. The van der Waals surface area contributed by atoms with Gasteiger partial charge in [0.25, 0.3) is 0 Å². The lowest BCUT2D eigenvalue weighted by atomic mass is 9.84. The Kier molecular flexibility index (Phi) is 9.18. The van der Waals surface area contributed by atoms with Gasteiger partial charge in [0, 0.05) is 0 Å². The number of hydrogen-bond acceptors (Lipinski definition) is 16. The lowest BCUT2D eigenvalue weighted by molar-refractivity contribution is -0.351. The van der Waals surface area contributed by atoms with Gasteiger partial charge in [-0.2, -0.15) is 0 Å². The lowest BCUT2D eigenvalue weighted by Gasteiger charge is -2.46. The van der Waals surface area contributed by atoms with Gasteiger partial charge in [-0.3, -0.25) is 0 Å². The fourth-order valence-corrected chi connectivity index (χ4v) is 4.07. The molecule has 0 aromatic carbocycles. The zero-order chi connectivity index (χ0) is 25.5. The van der Waals surface area contributed by atoms with Crippen LogP contribution in [0.3, 0.4) is 0 Å². The predicted molar refractivity (Wildman–Crippen MR) is 101 cm³/mol. The average molecular weight is 504 g/mol. The van der Waals surface area contributed by atoms with Crippen LogP contribution in [0.4, 0.5) is 0 Å². The van der Waals surface area contributed by atoms with Gasteiger partial charge in [0.2, 0.25) is 0 Å². The third-order valence-electron chi connectivity index (χ3n) is 6.31. The summed E-state index contributed by atoms with van der Waals surface area (Å²) >= 11 is 0. The van der Waals surface area contributed by atoms with E-state index >= 15 is 0 Å². The lowest BCUT2D eigenvalue weighted by Crippen LogP contribution is -2.67. The molecule has 2 heterocycles. The number of hydrogen-bond donors (Lipinski definition) is 12. The van der Waals surface area contributed by atoms with E-state index in [1.165, 1.54) is 0 Å². The first-order valence-electron chi connectivity index (χ1n) is 10.6. The van der Waals surface area contributed by atoms with E-state index in [-0.39, 0.29) is 0 Å². The summed E-state index contributed by atoms with van der Waals surface area (Å²) in [5.41, 5.74) is 0. The van der Waals surface area contributed by atoms with E-state index < -0.39 is 111 Å². The van der Waals surface area contributed by atoms with Crippen molar-refractivity contribution in [2.45, 2.75) is 98.0 Å². The van der Waals surface area contributed by atoms with Gasteiger partial charge in [-0.1, -0.05) is 0 Å². The first-order chi connectivity index (χ1) is 15.9. The van der Waals surface area contributed by atoms with Crippen LogP contribution in [-0.4, -0.2) is 173 Å². The van der Waals surface area contributed by atoms with Crippen LogP contribution >= 0.6 is 0 Å². The van der Waals surface area contributed by atoms with Crippen molar-refractivity contribution in [2.24, 2.45) is 0 Å². The number of ether oxygens (including phenoxy) is 4. The van der Waals surface area contributed by atoms with Crippen LogP contribution in [0.5, 0.6) is 0 Å². The maximum absolute atomic E-state index is 10.2. The molecule has 0 radical (unpaired) electrons. The maximum Gasteiger partial charge on any atom is 0.187 e. The van der Waals surface area contributed by atoms with Gasteiger partial charge >= 0.3 is 0 Å². The van der Waals surface area contributed by atoms with Crippen LogP contribution in [0, 0.1) is 0 Å². The summed E-state index contributed by atoms with van der Waals surface area (Å²) in [6.45, 7) is -1.36. The molecule has 3 rings (SSSR count). The van der Waals surface area contributed by atoms with Gasteiger partial charge in [-0.05, 0) is 0 Å². The van der Waals surface area contributed by atoms with E-state index in [2.05, 4.69) is 0 Å². The Balaban J connectivity index is 1.67. The quantitative estimate of drug-likeness (QED) is 0.160. The average Bonchev–Trinajstić information content (AvgIpc) is 2.82. The molecule has 16 nitrogen and oxygen atoms in total. The summed E-state index contributed by atoms with van der Waals surface area (Å²) < 4.78 is 21.0. The molecule has 1 aliphatic carbocycles. The van der Waals surface area contributed by atoms with Crippen molar-refractivity contribution in [3.05, 3.63) is 0 Å². The molecule has 200 valence electrons. The largest absolute Gasteiger partial charge is 0.394 e. The Morgan fingerprint density at radius 3 is 1.41 bits per heavy atom. The van der Waals surface area contributed by atoms with Gasteiger partial charge in [-0.25, -0.2) is 0 Å². The Bertz CT molecular complexity index is 637. The molecule has 0 spiro atoms. The third-order valence-corrected chi connectivity index (χ3v) is 6.31. The maximum atomic E-state index is 10.2. The zero-order valence-electron chi connectivity index (χ0n) is 17.7. The van der Waals surface area contributed by atoms with Crippen molar-refractivity contribution >= 4 is 0 Å². The molecule has 0 aromatic heterocycles. The molecule has 0 amide bonds. The van der Waals surface area contributed by atoms with E-state index in [0.717, 1.165) is 0 Å². The number of aliphatic hydroxyl groups is 12. The molecule has 0 aromatic rings. The van der Waals surface area contributed by atoms with Crippen molar-refractivity contribution in [3.8, 4) is 0 Å². The van der Waals surface area contributed by atoms with Crippen LogP contribution in [0.2, 0.25) is 0 Å². The van der Waals surface area contributed by atoms with Crippen molar-refractivity contribution in [1.29, 1.82) is 0 Å². The fourth-order valence-electron chi connectivity index (χ4n) is 4.07. The highest BCUT2D eigenvalue weighted by Crippen LogP contribution is 2.30. The molecule has 3 aliphatic rings. The van der Waals surface area contributed by atoms with Gasteiger partial charge in [0.1, 0.15) is 85.5 Å². The Labute approximate surface area is 192 Å². The molecule has 14 atom stereocenters. The van der Waals surface area contributed by atoms with Crippen LogP contribution in [0.15, 0.2) is 0 Å². The Hall–Kier alpha value is -0.640. The van der Waals surface area contributed by atoms with Gasteiger partial charge < -0.3 is 80.2 Å². The Morgan fingerprint density at radius 1 is 0.471 bits per heavy atom. The van der Waals surface area contributed by atoms with Crippen LogP contribution in [0.1, 0.15) is 0 Å². The molecule has 12 N–H and O–H groups in total. The first kappa shape index (κ1) is 27.9. The van der Waals surface area contributed by atoms with Crippen molar-refractivity contribution < 1.29 is 80.2 Å².